The smallest absolute Gasteiger partial charge is 0.123 e. The van der Waals surface area contributed by atoms with Gasteiger partial charge in [0.25, 0.3) is 0 Å². The van der Waals surface area contributed by atoms with E-state index in [0.29, 0.717) is 6.04 Å². The summed E-state index contributed by atoms with van der Waals surface area (Å²) in [4.78, 5) is 2.40. The van der Waals surface area contributed by atoms with E-state index in [4.69, 9.17) is 5.73 Å². The van der Waals surface area contributed by atoms with Crippen LogP contribution in [0.1, 0.15) is 38.7 Å². The number of halogens is 1. The van der Waals surface area contributed by atoms with Gasteiger partial charge in [-0.25, -0.2) is 4.39 Å². The highest BCUT2D eigenvalue weighted by atomic mass is 19.1. The molecule has 1 saturated heterocycles. The lowest BCUT2D eigenvalue weighted by Crippen LogP contribution is -2.38. The number of nitrogens with zero attached hydrogens (tertiary/aromatic N) is 1. The van der Waals surface area contributed by atoms with Gasteiger partial charge in [0.1, 0.15) is 5.82 Å². The normalized spacial score (nSPS) is 22.0. The van der Waals surface area contributed by atoms with E-state index >= 15 is 0 Å². The highest BCUT2D eigenvalue weighted by molar-refractivity contribution is 5.55. The van der Waals surface area contributed by atoms with Gasteiger partial charge in [-0.15, -0.1) is 0 Å². The second kappa shape index (κ2) is 5.70. The molecule has 1 fully saturated rings. The summed E-state index contributed by atoms with van der Waals surface area (Å²) in [6.45, 7) is 5.28. The van der Waals surface area contributed by atoms with Crippen LogP contribution in [-0.4, -0.2) is 18.6 Å². The maximum atomic E-state index is 13.4. The molecule has 100 valence electrons. The van der Waals surface area contributed by atoms with Crippen molar-refractivity contribution in [1.82, 2.24) is 0 Å². The molecule has 1 heterocycles. The van der Waals surface area contributed by atoms with Crippen LogP contribution in [0.25, 0.3) is 0 Å². The third-order valence-electron chi connectivity index (χ3n) is 3.70. The molecule has 0 saturated carbocycles. The van der Waals surface area contributed by atoms with Crippen molar-refractivity contribution in [3.05, 3.63) is 29.6 Å². The van der Waals surface area contributed by atoms with Crippen LogP contribution in [0, 0.1) is 5.82 Å². The first kappa shape index (κ1) is 13.3. The van der Waals surface area contributed by atoms with Crippen LogP contribution < -0.4 is 10.6 Å². The molecular formula is C15H23FN2. The number of anilines is 1. The van der Waals surface area contributed by atoms with Gasteiger partial charge in [0.15, 0.2) is 0 Å². The van der Waals surface area contributed by atoms with Gasteiger partial charge in [0.2, 0.25) is 0 Å². The zero-order valence-corrected chi connectivity index (χ0v) is 11.3. The van der Waals surface area contributed by atoms with Crippen LogP contribution in [0.4, 0.5) is 10.1 Å². The van der Waals surface area contributed by atoms with Gasteiger partial charge in [-0.2, -0.15) is 0 Å². The summed E-state index contributed by atoms with van der Waals surface area (Å²) in [5.41, 5.74) is 8.07. The molecule has 1 aromatic rings. The molecule has 18 heavy (non-hydrogen) atoms. The summed E-state index contributed by atoms with van der Waals surface area (Å²) in [5.74, 6) is -0.168. The zero-order chi connectivity index (χ0) is 13.1. The molecule has 1 aromatic carbocycles. The highest BCUT2D eigenvalue weighted by Gasteiger charge is 2.21. The van der Waals surface area contributed by atoms with E-state index in [9.17, 15) is 4.39 Å². The molecule has 0 aliphatic carbocycles. The lowest BCUT2D eigenvalue weighted by molar-refractivity contribution is 0.482. The average molecular weight is 250 g/mol. The molecule has 1 aliphatic heterocycles. The van der Waals surface area contributed by atoms with Crippen LogP contribution >= 0.6 is 0 Å². The molecule has 2 nitrogen and oxygen atoms in total. The standard InChI is InChI=1S/C15H23FN2/c1-11(17)9-13-10-14(16)6-7-15(13)18-8-4-3-5-12(18)2/h6-7,10-12H,3-5,8-9,17H2,1-2H3. The minimum atomic E-state index is -0.168. The molecule has 2 N–H and O–H groups in total. The Balaban J connectivity index is 2.30. The lowest BCUT2D eigenvalue weighted by atomic mass is 9.99. The Hall–Kier alpha value is -1.09. The van der Waals surface area contributed by atoms with Crippen molar-refractivity contribution in [3.63, 3.8) is 0 Å². The van der Waals surface area contributed by atoms with Gasteiger partial charge in [-0.05, 0) is 63.3 Å². The van der Waals surface area contributed by atoms with Crippen molar-refractivity contribution in [2.24, 2.45) is 5.73 Å². The van der Waals surface area contributed by atoms with Gasteiger partial charge < -0.3 is 10.6 Å². The fourth-order valence-electron chi connectivity index (χ4n) is 2.80. The second-order valence-corrected chi connectivity index (χ2v) is 5.49. The lowest BCUT2D eigenvalue weighted by Gasteiger charge is -2.37. The molecule has 2 atom stereocenters. The summed E-state index contributed by atoms with van der Waals surface area (Å²) in [6, 6.07) is 5.71. The summed E-state index contributed by atoms with van der Waals surface area (Å²) in [6.07, 6.45) is 4.46. The molecule has 0 aromatic heterocycles. The van der Waals surface area contributed by atoms with E-state index in [0.717, 1.165) is 18.5 Å². The van der Waals surface area contributed by atoms with Crippen LogP contribution in [0.2, 0.25) is 0 Å². The van der Waals surface area contributed by atoms with Crippen LogP contribution in [0.5, 0.6) is 0 Å². The van der Waals surface area contributed by atoms with E-state index in [1.165, 1.54) is 24.9 Å². The number of benzene rings is 1. The van der Waals surface area contributed by atoms with Gasteiger partial charge in [-0.3, -0.25) is 0 Å². The molecule has 0 amide bonds. The molecule has 2 unspecified atom stereocenters. The van der Waals surface area contributed by atoms with Crippen molar-refractivity contribution >= 4 is 5.69 Å². The molecule has 0 radical (unpaired) electrons. The number of piperidine rings is 1. The SMILES string of the molecule is CC(N)Cc1cc(F)ccc1N1CCCCC1C. The summed E-state index contributed by atoms with van der Waals surface area (Å²) in [5, 5.41) is 0. The number of rotatable bonds is 3. The third kappa shape index (κ3) is 3.02. The van der Waals surface area contributed by atoms with Gasteiger partial charge >= 0.3 is 0 Å². The molecule has 3 heteroatoms. The number of nitrogens with two attached hydrogens (primary N) is 1. The van der Waals surface area contributed by atoms with Crippen molar-refractivity contribution in [3.8, 4) is 0 Å². The van der Waals surface area contributed by atoms with Crippen molar-refractivity contribution in [2.75, 3.05) is 11.4 Å². The largest absolute Gasteiger partial charge is 0.369 e. The molecule has 1 aliphatic rings. The van der Waals surface area contributed by atoms with E-state index < -0.39 is 0 Å². The van der Waals surface area contributed by atoms with Gasteiger partial charge in [-0.1, -0.05) is 0 Å². The van der Waals surface area contributed by atoms with Crippen molar-refractivity contribution in [2.45, 2.75) is 51.6 Å². The molecule has 2 rings (SSSR count). The van der Waals surface area contributed by atoms with Crippen LogP contribution in [0.3, 0.4) is 0 Å². The van der Waals surface area contributed by atoms with Gasteiger partial charge in [0, 0.05) is 24.3 Å². The summed E-state index contributed by atoms with van der Waals surface area (Å²) in [7, 11) is 0. The first-order valence-corrected chi connectivity index (χ1v) is 6.88. The zero-order valence-electron chi connectivity index (χ0n) is 11.3. The number of hydrogen-bond acceptors (Lipinski definition) is 2. The third-order valence-corrected chi connectivity index (χ3v) is 3.70. The Bertz CT molecular complexity index is 403. The fraction of sp³-hybridized carbons (Fsp3) is 0.600. The first-order chi connectivity index (χ1) is 8.58. The van der Waals surface area contributed by atoms with Crippen molar-refractivity contribution in [1.29, 1.82) is 0 Å². The Morgan fingerprint density at radius 1 is 1.44 bits per heavy atom. The predicted molar refractivity (Wildman–Crippen MR) is 74.4 cm³/mol. The van der Waals surface area contributed by atoms with Crippen molar-refractivity contribution < 1.29 is 4.39 Å². The number of hydrogen-bond donors (Lipinski definition) is 1. The Morgan fingerprint density at radius 2 is 2.22 bits per heavy atom. The highest BCUT2D eigenvalue weighted by Crippen LogP contribution is 2.29. The second-order valence-electron chi connectivity index (χ2n) is 5.49. The van der Waals surface area contributed by atoms with Crippen LogP contribution in [0.15, 0.2) is 18.2 Å². The Morgan fingerprint density at radius 3 is 2.89 bits per heavy atom. The summed E-state index contributed by atoms with van der Waals surface area (Å²) < 4.78 is 13.4. The predicted octanol–water partition coefficient (Wildman–Crippen LogP) is 3.09. The maximum absolute atomic E-state index is 13.4. The quantitative estimate of drug-likeness (QED) is 0.893. The van der Waals surface area contributed by atoms with Crippen LogP contribution in [-0.2, 0) is 6.42 Å². The average Bonchev–Trinajstić information content (AvgIpc) is 2.30. The molecular weight excluding hydrogens is 227 g/mol. The fourth-order valence-corrected chi connectivity index (χ4v) is 2.80. The first-order valence-electron chi connectivity index (χ1n) is 6.88. The minimum Gasteiger partial charge on any atom is -0.369 e. The molecule has 0 spiro atoms. The summed E-state index contributed by atoms with van der Waals surface area (Å²) >= 11 is 0. The van der Waals surface area contributed by atoms with Gasteiger partial charge in [0.05, 0.1) is 0 Å². The van der Waals surface area contributed by atoms with E-state index in [1.54, 1.807) is 12.1 Å². The minimum absolute atomic E-state index is 0.0608. The monoisotopic (exact) mass is 250 g/mol. The van der Waals surface area contributed by atoms with E-state index in [-0.39, 0.29) is 11.9 Å². The topological polar surface area (TPSA) is 29.3 Å². The Labute approximate surface area is 109 Å². The van der Waals surface area contributed by atoms with E-state index in [2.05, 4.69) is 11.8 Å². The van der Waals surface area contributed by atoms with E-state index in [1.807, 2.05) is 13.0 Å². The Kier molecular flexibility index (Phi) is 4.23. The maximum Gasteiger partial charge on any atom is 0.123 e. The molecule has 0 bridgehead atoms.